The molecule has 1 aromatic rings. The molecule has 1 aromatic heterocycles. The molecule has 15 heavy (non-hydrogen) atoms. The lowest BCUT2D eigenvalue weighted by atomic mass is 9.97. The van der Waals surface area contributed by atoms with Gasteiger partial charge in [0.05, 0.1) is 5.69 Å². The maximum atomic E-state index is 11.5. The zero-order chi connectivity index (χ0) is 11.2. The summed E-state index contributed by atoms with van der Waals surface area (Å²) in [4.78, 5) is 36.6. The lowest BCUT2D eigenvalue weighted by Gasteiger charge is -2.11. The Kier molecular flexibility index (Phi) is 1.82. The molecule has 0 amide bonds. The molecular formula is C10H7NO4. The SMILES string of the molecule is Cc1cc(=O)c2c([nH]1)C(O)=CC(=O)C2=O. The van der Waals surface area contributed by atoms with Crippen molar-refractivity contribution in [1.82, 2.24) is 4.98 Å². The summed E-state index contributed by atoms with van der Waals surface area (Å²) >= 11 is 0. The van der Waals surface area contributed by atoms with Gasteiger partial charge in [-0.1, -0.05) is 0 Å². The van der Waals surface area contributed by atoms with E-state index in [4.69, 9.17) is 0 Å². The molecule has 5 heteroatoms. The van der Waals surface area contributed by atoms with Gasteiger partial charge in [-0.05, 0) is 6.92 Å². The van der Waals surface area contributed by atoms with Crippen molar-refractivity contribution in [2.75, 3.05) is 0 Å². The van der Waals surface area contributed by atoms with Crippen molar-refractivity contribution in [2.24, 2.45) is 0 Å². The van der Waals surface area contributed by atoms with Crippen LogP contribution in [-0.4, -0.2) is 21.7 Å². The Morgan fingerprint density at radius 1 is 1.27 bits per heavy atom. The minimum atomic E-state index is -0.885. The molecule has 0 unspecified atom stereocenters. The highest BCUT2D eigenvalue weighted by atomic mass is 16.3. The van der Waals surface area contributed by atoms with Crippen LogP contribution < -0.4 is 5.43 Å². The summed E-state index contributed by atoms with van der Waals surface area (Å²) in [5, 5.41) is 9.42. The van der Waals surface area contributed by atoms with E-state index in [1.165, 1.54) is 6.07 Å². The molecule has 1 aliphatic carbocycles. The first-order valence-electron chi connectivity index (χ1n) is 4.24. The van der Waals surface area contributed by atoms with Crippen molar-refractivity contribution in [2.45, 2.75) is 6.92 Å². The van der Waals surface area contributed by atoms with E-state index in [0.29, 0.717) is 5.69 Å². The smallest absolute Gasteiger partial charge is 0.239 e. The maximum absolute atomic E-state index is 11.5. The van der Waals surface area contributed by atoms with Crippen LogP contribution in [0, 0.1) is 6.92 Å². The number of allylic oxidation sites excluding steroid dienone is 1. The average Bonchev–Trinajstić information content (AvgIpc) is 2.13. The summed E-state index contributed by atoms with van der Waals surface area (Å²) in [5.74, 6) is -2.14. The molecule has 5 nitrogen and oxygen atoms in total. The average molecular weight is 205 g/mol. The number of carbonyl (C=O) groups excluding carboxylic acids is 2. The lowest BCUT2D eigenvalue weighted by molar-refractivity contribution is -0.111. The Morgan fingerprint density at radius 2 is 1.93 bits per heavy atom. The highest BCUT2D eigenvalue weighted by molar-refractivity contribution is 6.50. The number of aromatic amines is 1. The quantitative estimate of drug-likeness (QED) is 0.598. The predicted octanol–water partition coefficient (Wildman–Crippen LogP) is 0.348. The Bertz CT molecular complexity index is 565. The number of aryl methyl sites for hydroxylation is 1. The fourth-order valence-electron chi connectivity index (χ4n) is 1.49. The molecule has 0 bridgehead atoms. The van der Waals surface area contributed by atoms with Gasteiger partial charge in [0.2, 0.25) is 11.6 Å². The third kappa shape index (κ3) is 1.28. The van der Waals surface area contributed by atoms with Crippen molar-refractivity contribution in [1.29, 1.82) is 0 Å². The van der Waals surface area contributed by atoms with E-state index >= 15 is 0 Å². The zero-order valence-electron chi connectivity index (χ0n) is 7.83. The van der Waals surface area contributed by atoms with Crippen LogP contribution in [0.4, 0.5) is 0 Å². The number of Topliss-reactive ketones (excluding diaryl/α,β-unsaturated/α-hetero) is 1. The predicted molar refractivity (Wildman–Crippen MR) is 51.7 cm³/mol. The van der Waals surface area contributed by atoms with E-state index in [1.807, 2.05) is 0 Å². The number of hydrogen-bond donors (Lipinski definition) is 2. The van der Waals surface area contributed by atoms with Gasteiger partial charge in [-0.3, -0.25) is 14.4 Å². The first-order chi connectivity index (χ1) is 7.00. The number of aromatic nitrogens is 1. The fraction of sp³-hybridized carbons (Fsp3) is 0.100. The zero-order valence-corrected chi connectivity index (χ0v) is 7.83. The van der Waals surface area contributed by atoms with Gasteiger partial charge in [-0.25, -0.2) is 0 Å². The van der Waals surface area contributed by atoms with Crippen LogP contribution in [0.3, 0.4) is 0 Å². The van der Waals surface area contributed by atoms with Crippen LogP contribution in [0.25, 0.3) is 5.76 Å². The van der Waals surface area contributed by atoms with Crippen LogP contribution >= 0.6 is 0 Å². The van der Waals surface area contributed by atoms with Crippen molar-refractivity contribution in [3.63, 3.8) is 0 Å². The summed E-state index contributed by atoms with van der Waals surface area (Å²) in [6.45, 7) is 1.62. The van der Waals surface area contributed by atoms with Crippen LogP contribution in [0.15, 0.2) is 16.9 Å². The summed E-state index contributed by atoms with van der Waals surface area (Å²) in [6.07, 6.45) is 0.806. The van der Waals surface area contributed by atoms with Crippen LogP contribution in [0.1, 0.15) is 21.7 Å². The third-order valence-electron chi connectivity index (χ3n) is 2.14. The maximum Gasteiger partial charge on any atom is 0.239 e. The topological polar surface area (TPSA) is 87.2 Å². The number of aliphatic hydroxyl groups excluding tert-OH is 1. The van der Waals surface area contributed by atoms with Crippen LogP contribution in [0.2, 0.25) is 0 Å². The van der Waals surface area contributed by atoms with E-state index in [2.05, 4.69) is 4.98 Å². The number of carbonyl (C=O) groups is 2. The molecule has 1 heterocycles. The normalized spacial score (nSPS) is 14.9. The number of ketones is 2. The number of H-pyrrole nitrogens is 1. The molecule has 0 saturated carbocycles. The van der Waals surface area contributed by atoms with Gasteiger partial charge in [0.1, 0.15) is 11.3 Å². The highest BCUT2D eigenvalue weighted by Crippen LogP contribution is 2.18. The van der Waals surface area contributed by atoms with Gasteiger partial charge >= 0.3 is 0 Å². The van der Waals surface area contributed by atoms with Crippen LogP contribution in [-0.2, 0) is 4.79 Å². The Labute approximate surface area is 84.1 Å². The molecule has 0 aromatic carbocycles. The van der Waals surface area contributed by atoms with E-state index in [1.54, 1.807) is 6.92 Å². The minimum absolute atomic E-state index is 0.0181. The van der Waals surface area contributed by atoms with E-state index < -0.39 is 17.0 Å². The first-order valence-corrected chi connectivity index (χ1v) is 4.24. The summed E-state index contributed by atoms with van der Waals surface area (Å²) in [7, 11) is 0. The lowest BCUT2D eigenvalue weighted by Crippen LogP contribution is -2.27. The van der Waals surface area contributed by atoms with Crippen molar-refractivity contribution < 1.29 is 14.7 Å². The molecule has 0 radical (unpaired) electrons. The molecule has 0 atom stereocenters. The molecule has 2 rings (SSSR count). The molecule has 1 aliphatic rings. The van der Waals surface area contributed by atoms with Gasteiger partial charge in [-0.2, -0.15) is 0 Å². The minimum Gasteiger partial charge on any atom is -0.506 e. The van der Waals surface area contributed by atoms with Gasteiger partial charge < -0.3 is 10.1 Å². The monoisotopic (exact) mass is 205 g/mol. The molecule has 0 saturated heterocycles. The Balaban J connectivity index is 2.87. The molecule has 0 spiro atoms. The largest absolute Gasteiger partial charge is 0.506 e. The third-order valence-corrected chi connectivity index (χ3v) is 2.14. The van der Waals surface area contributed by atoms with Crippen LogP contribution in [0.5, 0.6) is 0 Å². The molecule has 2 N–H and O–H groups in total. The Morgan fingerprint density at radius 3 is 2.60 bits per heavy atom. The summed E-state index contributed by atoms with van der Waals surface area (Å²) in [5.41, 5.74) is -0.310. The Hall–Kier alpha value is -2.17. The first kappa shape index (κ1) is 9.39. The van der Waals surface area contributed by atoms with E-state index in [0.717, 1.165) is 6.08 Å². The van der Waals surface area contributed by atoms with Crippen molar-refractivity contribution in [3.8, 4) is 0 Å². The van der Waals surface area contributed by atoms with Crippen molar-refractivity contribution in [3.05, 3.63) is 39.3 Å². The molecular weight excluding hydrogens is 198 g/mol. The second-order valence-electron chi connectivity index (χ2n) is 3.29. The van der Waals surface area contributed by atoms with Gasteiger partial charge in [0, 0.05) is 17.8 Å². The number of rotatable bonds is 0. The fourth-order valence-corrected chi connectivity index (χ4v) is 1.49. The number of pyridine rings is 1. The summed E-state index contributed by atoms with van der Waals surface area (Å²) in [6, 6.07) is 1.21. The number of nitrogens with one attached hydrogen (secondary N) is 1. The number of hydrogen-bond acceptors (Lipinski definition) is 4. The van der Waals surface area contributed by atoms with Gasteiger partial charge in [0.25, 0.3) is 0 Å². The second-order valence-corrected chi connectivity index (χ2v) is 3.29. The van der Waals surface area contributed by atoms with E-state index in [-0.39, 0.29) is 17.0 Å². The number of fused-ring (bicyclic) bond motifs is 1. The molecule has 76 valence electrons. The standard InChI is InChI=1S/C10H7NO4/c1-4-2-5(12)8-9(11-4)6(13)3-7(14)10(8)15/h2-3,13H,1H3,(H,11,12). The number of aliphatic hydroxyl groups is 1. The van der Waals surface area contributed by atoms with Gasteiger partial charge in [-0.15, -0.1) is 0 Å². The molecule has 0 fully saturated rings. The van der Waals surface area contributed by atoms with Crippen molar-refractivity contribution >= 4 is 17.3 Å². The second kappa shape index (κ2) is 2.91. The molecule has 0 aliphatic heterocycles. The highest BCUT2D eigenvalue weighted by Gasteiger charge is 2.28. The van der Waals surface area contributed by atoms with Gasteiger partial charge in [0.15, 0.2) is 5.43 Å². The summed E-state index contributed by atoms with van der Waals surface area (Å²) < 4.78 is 0. The van der Waals surface area contributed by atoms with E-state index in [9.17, 15) is 19.5 Å².